The molecule has 1 aliphatic carbocycles. The van der Waals surface area contributed by atoms with Gasteiger partial charge >= 0.3 is 5.97 Å². The van der Waals surface area contributed by atoms with Crippen molar-refractivity contribution in [3.05, 3.63) is 5.82 Å². The standard InChI is InChI=1S/C10H14N4O3S/c1-5(8(11)17)14-9(6-2-3-6)12-13-10(14)18-4-7(15)16/h5-6H,2-4H2,1H3,(H2,11,17)(H,15,16). The Labute approximate surface area is 108 Å². The molecule has 1 aliphatic rings. The van der Waals surface area contributed by atoms with Gasteiger partial charge in [0.2, 0.25) is 5.91 Å². The summed E-state index contributed by atoms with van der Waals surface area (Å²) < 4.78 is 1.66. The van der Waals surface area contributed by atoms with E-state index in [0.717, 1.165) is 30.4 Å². The second-order valence-electron chi connectivity index (χ2n) is 4.25. The van der Waals surface area contributed by atoms with Crippen molar-refractivity contribution < 1.29 is 14.7 Å². The Hall–Kier alpha value is -1.57. The molecule has 8 heteroatoms. The Morgan fingerprint density at radius 1 is 1.56 bits per heavy atom. The molecule has 0 saturated heterocycles. The molecule has 0 radical (unpaired) electrons. The summed E-state index contributed by atoms with van der Waals surface area (Å²) in [5, 5.41) is 17.1. The minimum Gasteiger partial charge on any atom is -0.481 e. The Morgan fingerprint density at radius 3 is 2.72 bits per heavy atom. The third kappa shape index (κ3) is 2.63. The zero-order valence-electron chi connectivity index (χ0n) is 9.87. The SMILES string of the molecule is CC(C(N)=O)n1c(SCC(=O)O)nnc1C1CC1. The number of primary amides is 1. The molecule has 1 unspecified atom stereocenters. The topological polar surface area (TPSA) is 111 Å². The van der Waals surface area contributed by atoms with Crippen molar-refractivity contribution in [2.45, 2.75) is 36.9 Å². The number of carbonyl (C=O) groups is 2. The average molecular weight is 270 g/mol. The van der Waals surface area contributed by atoms with E-state index in [2.05, 4.69) is 10.2 Å². The molecule has 7 nitrogen and oxygen atoms in total. The monoisotopic (exact) mass is 270 g/mol. The van der Waals surface area contributed by atoms with E-state index in [1.54, 1.807) is 11.5 Å². The molecule has 0 aliphatic heterocycles. The summed E-state index contributed by atoms with van der Waals surface area (Å²) in [7, 11) is 0. The molecule has 0 spiro atoms. The zero-order valence-corrected chi connectivity index (χ0v) is 10.7. The van der Waals surface area contributed by atoms with Gasteiger partial charge in [-0.05, 0) is 19.8 Å². The molecule has 1 aromatic rings. The third-order valence-corrected chi connectivity index (χ3v) is 3.69. The first-order valence-corrected chi connectivity index (χ1v) is 6.58. The first-order valence-electron chi connectivity index (χ1n) is 5.59. The van der Waals surface area contributed by atoms with E-state index in [1.807, 2.05) is 0 Å². The van der Waals surface area contributed by atoms with Crippen LogP contribution in [-0.4, -0.2) is 37.5 Å². The van der Waals surface area contributed by atoms with Gasteiger partial charge in [-0.15, -0.1) is 10.2 Å². The fraction of sp³-hybridized carbons (Fsp3) is 0.600. The lowest BCUT2D eigenvalue weighted by Crippen LogP contribution is -2.26. The fourth-order valence-corrected chi connectivity index (χ4v) is 2.37. The number of carbonyl (C=O) groups excluding carboxylic acids is 1. The van der Waals surface area contributed by atoms with Gasteiger partial charge in [-0.1, -0.05) is 11.8 Å². The number of aromatic nitrogens is 3. The number of carboxylic acids is 1. The molecule has 2 rings (SSSR count). The van der Waals surface area contributed by atoms with Gasteiger partial charge in [0, 0.05) is 5.92 Å². The van der Waals surface area contributed by atoms with Crippen molar-refractivity contribution in [1.29, 1.82) is 0 Å². The minimum atomic E-state index is -0.936. The predicted molar refractivity (Wildman–Crippen MR) is 64.3 cm³/mol. The Bertz CT molecular complexity index is 483. The summed E-state index contributed by atoms with van der Waals surface area (Å²) >= 11 is 1.05. The Balaban J connectivity index is 2.28. The van der Waals surface area contributed by atoms with Gasteiger partial charge in [-0.3, -0.25) is 14.2 Å². The average Bonchev–Trinajstić information content (AvgIpc) is 3.06. The molecule has 98 valence electrons. The number of nitrogens with two attached hydrogens (primary N) is 1. The van der Waals surface area contributed by atoms with Crippen molar-refractivity contribution in [1.82, 2.24) is 14.8 Å². The molecule has 0 aromatic carbocycles. The first-order chi connectivity index (χ1) is 8.50. The number of aliphatic carboxylic acids is 1. The molecule has 3 N–H and O–H groups in total. The first kappa shape index (κ1) is 12.9. The molecule has 1 atom stereocenters. The Morgan fingerprint density at radius 2 is 2.22 bits per heavy atom. The van der Waals surface area contributed by atoms with E-state index in [0.29, 0.717) is 11.1 Å². The maximum atomic E-state index is 11.3. The highest BCUT2D eigenvalue weighted by Crippen LogP contribution is 2.41. The van der Waals surface area contributed by atoms with Crippen LogP contribution in [0.4, 0.5) is 0 Å². The van der Waals surface area contributed by atoms with E-state index in [4.69, 9.17) is 10.8 Å². The maximum Gasteiger partial charge on any atom is 0.313 e. The quantitative estimate of drug-likeness (QED) is 0.723. The van der Waals surface area contributed by atoms with Crippen molar-refractivity contribution in [3.8, 4) is 0 Å². The number of thioether (sulfide) groups is 1. The summed E-state index contributed by atoms with van der Waals surface area (Å²) in [6.07, 6.45) is 2.04. The summed E-state index contributed by atoms with van der Waals surface area (Å²) in [6.45, 7) is 1.67. The minimum absolute atomic E-state index is 0.117. The second kappa shape index (κ2) is 4.97. The van der Waals surface area contributed by atoms with Crippen molar-refractivity contribution >= 4 is 23.6 Å². The summed E-state index contributed by atoms with van der Waals surface area (Å²) in [5.41, 5.74) is 5.30. The van der Waals surface area contributed by atoms with Gasteiger partial charge in [-0.25, -0.2) is 0 Å². The van der Waals surface area contributed by atoms with Gasteiger partial charge in [0.15, 0.2) is 5.16 Å². The van der Waals surface area contributed by atoms with E-state index in [1.165, 1.54) is 0 Å². The predicted octanol–water partition coefficient (Wildman–Crippen LogP) is 0.378. The smallest absolute Gasteiger partial charge is 0.313 e. The summed E-state index contributed by atoms with van der Waals surface area (Å²) in [5.74, 6) is -0.482. The lowest BCUT2D eigenvalue weighted by atomic mass is 10.3. The number of rotatable bonds is 6. The molecule has 1 amide bonds. The van der Waals surface area contributed by atoms with Crippen LogP contribution in [0, 0.1) is 0 Å². The van der Waals surface area contributed by atoms with Crippen molar-refractivity contribution in [2.24, 2.45) is 5.73 Å². The van der Waals surface area contributed by atoms with Gasteiger partial charge < -0.3 is 10.8 Å². The largest absolute Gasteiger partial charge is 0.481 e. The molecule has 1 saturated carbocycles. The van der Waals surface area contributed by atoms with Crippen LogP contribution in [-0.2, 0) is 9.59 Å². The molecular formula is C10H14N4O3S. The molecular weight excluding hydrogens is 256 g/mol. The number of hydrogen-bond acceptors (Lipinski definition) is 5. The van der Waals surface area contributed by atoms with E-state index in [9.17, 15) is 9.59 Å². The molecule has 1 heterocycles. The van der Waals surface area contributed by atoms with Gasteiger partial charge in [0.1, 0.15) is 11.9 Å². The lowest BCUT2D eigenvalue weighted by Gasteiger charge is -2.14. The Kier molecular flexibility index (Phi) is 3.55. The van der Waals surface area contributed by atoms with Crippen LogP contribution in [0.1, 0.15) is 37.5 Å². The number of nitrogens with zero attached hydrogens (tertiary/aromatic N) is 3. The summed E-state index contributed by atoms with van der Waals surface area (Å²) in [4.78, 5) is 21.9. The van der Waals surface area contributed by atoms with Crippen LogP contribution in [0.3, 0.4) is 0 Å². The molecule has 1 fully saturated rings. The van der Waals surface area contributed by atoms with E-state index >= 15 is 0 Å². The van der Waals surface area contributed by atoms with Crippen molar-refractivity contribution in [2.75, 3.05) is 5.75 Å². The highest BCUT2D eigenvalue weighted by atomic mass is 32.2. The highest BCUT2D eigenvalue weighted by Gasteiger charge is 2.33. The van der Waals surface area contributed by atoms with Gasteiger partial charge in [0.05, 0.1) is 5.75 Å². The van der Waals surface area contributed by atoms with Crippen molar-refractivity contribution in [3.63, 3.8) is 0 Å². The fourth-order valence-electron chi connectivity index (χ4n) is 1.62. The van der Waals surface area contributed by atoms with Crippen LogP contribution < -0.4 is 5.73 Å². The van der Waals surface area contributed by atoms with Gasteiger partial charge in [0.25, 0.3) is 0 Å². The van der Waals surface area contributed by atoms with E-state index in [-0.39, 0.29) is 5.75 Å². The molecule has 1 aromatic heterocycles. The second-order valence-corrected chi connectivity index (χ2v) is 5.19. The number of hydrogen-bond donors (Lipinski definition) is 2. The highest BCUT2D eigenvalue weighted by molar-refractivity contribution is 7.99. The van der Waals surface area contributed by atoms with E-state index < -0.39 is 17.9 Å². The van der Waals surface area contributed by atoms with Crippen LogP contribution >= 0.6 is 11.8 Å². The number of carboxylic acid groups (broad SMARTS) is 1. The summed E-state index contributed by atoms with van der Waals surface area (Å²) in [6, 6.07) is -0.563. The van der Waals surface area contributed by atoms with Crippen LogP contribution in [0.5, 0.6) is 0 Å². The van der Waals surface area contributed by atoms with Crippen LogP contribution in [0.25, 0.3) is 0 Å². The lowest BCUT2D eigenvalue weighted by molar-refractivity contribution is -0.133. The number of amides is 1. The zero-order chi connectivity index (χ0) is 13.3. The maximum absolute atomic E-state index is 11.3. The molecule has 18 heavy (non-hydrogen) atoms. The van der Waals surface area contributed by atoms with Gasteiger partial charge in [-0.2, -0.15) is 0 Å². The molecule has 0 bridgehead atoms. The van der Waals surface area contributed by atoms with Crippen LogP contribution in [0.15, 0.2) is 5.16 Å². The third-order valence-electron chi connectivity index (χ3n) is 2.76. The normalized spacial score (nSPS) is 16.5. The van der Waals surface area contributed by atoms with Crippen LogP contribution in [0.2, 0.25) is 0 Å².